The van der Waals surface area contributed by atoms with Crippen molar-refractivity contribution in [1.82, 2.24) is 5.32 Å². The summed E-state index contributed by atoms with van der Waals surface area (Å²) in [4.78, 5) is 22.7. The van der Waals surface area contributed by atoms with Crippen molar-refractivity contribution >= 4 is 49.8 Å². The van der Waals surface area contributed by atoms with Crippen molar-refractivity contribution in [2.24, 2.45) is 0 Å². The summed E-state index contributed by atoms with van der Waals surface area (Å²) in [6, 6.07) is 0. The molecule has 0 bridgehead atoms. The highest BCUT2D eigenvalue weighted by molar-refractivity contribution is 7.80. The van der Waals surface area contributed by atoms with Gasteiger partial charge in [0, 0.05) is 18.4 Å². The van der Waals surface area contributed by atoms with Gasteiger partial charge in [-0.1, -0.05) is 0 Å². The third-order valence-electron chi connectivity index (χ3n) is 3.64. The van der Waals surface area contributed by atoms with E-state index in [1.807, 2.05) is 0 Å². The predicted molar refractivity (Wildman–Crippen MR) is 102 cm³/mol. The molecule has 0 unspecified atom stereocenters. The van der Waals surface area contributed by atoms with Crippen molar-refractivity contribution in [1.29, 1.82) is 0 Å². The quantitative estimate of drug-likeness (QED) is 0.306. The van der Waals surface area contributed by atoms with E-state index in [4.69, 9.17) is 5.11 Å². The van der Waals surface area contributed by atoms with E-state index >= 15 is 0 Å². The van der Waals surface area contributed by atoms with Crippen LogP contribution in [-0.4, -0.2) is 39.8 Å². The number of carboxylic acid groups (broad SMARTS) is 1. The molecular weight excluding hydrogens is 338 g/mol. The van der Waals surface area contributed by atoms with Crippen molar-refractivity contribution in [3.05, 3.63) is 0 Å². The van der Waals surface area contributed by atoms with E-state index < -0.39 is 5.97 Å². The number of nitrogens with one attached hydrogen (secondary N) is 1. The molecule has 0 rings (SSSR count). The molecule has 0 aromatic carbocycles. The minimum absolute atomic E-state index is 0.0321. The average molecular weight is 368 g/mol. The molecule has 0 aliphatic heterocycles. The molecule has 0 aromatic heterocycles. The van der Waals surface area contributed by atoms with Crippen LogP contribution < -0.4 is 5.32 Å². The van der Waals surface area contributed by atoms with Gasteiger partial charge in [-0.3, -0.25) is 9.59 Å². The molecule has 130 valence electrons. The third kappa shape index (κ3) is 10.7. The van der Waals surface area contributed by atoms with Crippen LogP contribution in [0.15, 0.2) is 0 Å². The lowest BCUT2D eigenvalue weighted by atomic mass is 9.84. The summed E-state index contributed by atoms with van der Waals surface area (Å²) in [5, 5.41) is 11.8. The number of aliphatic carboxylic acids is 1. The van der Waals surface area contributed by atoms with E-state index in [0.29, 0.717) is 6.42 Å². The summed E-state index contributed by atoms with van der Waals surface area (Å²) in [7, 11) is 0. The van der Waals surface area contributed by atoms with Crippen molar-refractivity contribution < 1.29 is 14.7 Å². The molecule has 7 heteroatoms. The van der Waals surface area contributed by atoms with Gasteiger partial charge in [0.1, 0.15) is 0 Å². The fraction of sp³-hybridized carbons (Fsp3) is 0.867. The van der Waals surface area contributed by atoms with E-state index in [2.05, 4.69) is 43.2 Å². The number of rotatable bonds is 14. The van der Waals surface area contributed by atoms with Crippen molar-refractivity contribution in [2.75, 3.05) is 17.3 Å². The summed E-state index contributed by atoms with van der Waals surface area (Å²) >= 11 is 12.8. The Bertz CT molecular complexity index is 305. The highest BCUT2D eigenvalue weighted by Crippen LogP contribution is 2.27. The number of hydrogen-bond acceptors (Lipinski definition) is 5. The number of carboxylic acids is 1. The van der Waals surface area contributed by atoms with Gasteiger partial charge in [0.25, 0.3) is 0 Å². The van der Waals surface area contributed by atoms with Crippen LogP contribution in [0, 0.1) is 0 Å². The number of thiol groups is 3. The summed E-state index contributed by atoms with van der Waals surface area (Å²) in [6.45, 7) is 0. The fourth-order valence-corrected chi connectivity index (χ4v) is 3.05. The second-order valence-electron chi connectivity index (χ2n) is 5.56. The van der Waals surface area contributed by atoms with Crippen LogP contribution in [0.5, 0.6) is 0 Å². The molecule has 4 nitrogen and oxygen atoms in total. The largest absolute Gasteiger partial charge is 0.481 e. The van der Waals surface area contributed by atoms with Gasteiger partial charge < -0.3 is 10.4 Å². The lowest BCUT2D eigenvalue weighted by Crippen LogP contribution is -2.48. The van der Waals surface area contributed by atoms with Crippen LogP contribution in [0.1, 0.15) is 57.8 Å². The Kier molecular flexibility index (Phi) is 13.4. The maximum atomic E-state index is 12.2. The van der Waals surface area contributed by atoms with Gasteiger partial charge in [0.15, 0.2) is 0 Å². The molecule has 0 spiro atoms. The first-order valence-electron chi connectivity index (χ1n) is 7.85. The summed E-state index contributed by atoms with van der Waals surface area (Å²) < 4.78 is 0. The number of carbonyl (C=O) groups excluding carboxylic acids is 1. The molecule has 0 fully saturated rings. The molecule has 22 heavy (non-hydrogen) atoms. The maximum Gasteiger partial charge on any atom is 0.303 e. The number of carbonyl (C=O) groups is 2. The Labute approximate surface area is 150 Å². The Hall–Kier alpha value is -0.0100. The van der Waals surface area contributed by atoms with Crippen LogP contribution >= 0.6 is 37.9 Å². The normalized spacial score (nSPS) is 11.4. The van der Waals surface area contributed by atoms with E-state index in [1.54, 1.807) is 0 Å². The summed E-state index contributed by atoms with van der Waals surface area (Å²) in [5.41, 5.74) is -0.228. The van der Waals surface area contributed by atoms with Crippen molar-refractivity contribution in [2.45, 2.75) is 63.3 Å². The Morgan fingerprint density at radius 2 is 1.27 bits per heavy atom. The lowest BCUT2D eigenvalue weighted by Gasteiger charge is -2.35. The Balaban J connectivity index is 4.68. The van der Waals surface area contributed by atoms with Gasteiger partial charge in [0.05, 0.1) is 0 Å². The molecule has 0 saturated heterocycles. The van der Waals surface area contributed by atoms with Crippen LogP contribution in [0.3, 0.4) is 0 Å². The highest BCUT2D eigenvalue weighted by Gasteiger charge is 2.30. The minimum atomic E-state index is -0.862. The van der Waals surface area contributed by atoms with E-state index in [-0.39, 0.29) is 24.3 Å². The van der Waals surface area contributed by atoms with Crippen molar-refractivity contribution in [3.8, 4) is 0 Å². The molecule has 0 heterocycles. The summed E-state index contributed by atoms with van der Waals surface area (Å²) in [6.07, 6.45) is 6.17. The van der Waals surface area contributed by atoms with Gasteiger partial charge in [-0.2, -0.15) is 37.9 Å². The zero-order valence-electron chi connectivity index (χ0n) is 13.1. The molecule has 0 aromatic rings. The molecule has 0 radical (unpaired) electrons. The van der Waals surface area contributed by atoms with Gasteiger partial charge in [-0.25, -0.2) is 0 Å². The van der Waals surface area contributed by atoms with Gasteiger partial charge in [-0.15, -0.1) is 0 Å². The first-order valence-corrected chi connectivity index (χ1v) is 9.75. The Morgan fingerprint density at radius 1 is 0.818 bits per heavy atom. The topological polar surface area (TPSA) is 66.4 Å². The van der Waals surface area contributed by atoms with Gasteiger partial charge in [0.2, 0.25) is 5.91 Å². The first kappa shape index (κ1) is 22.0. The summed E-state index contributed by atoms with van der Waals surface area (Å²) in [5.74, 6) is 1.45. The molecule has 0 aliphatic rings. The number of amides is 1. The zero-order chi connectivity index (χ0) is 16.8. The molecule has 0 atom stereocenters. The monoisotopic (exact) mass is 367 g/mol. The second kappa shape index (κ2) is 13.4. The molecule has 0 aliphatic carbocycles. The second-order valence-corrected chi connectivity index (χ2v) is 6.90. The van der Waals surface area contributed by atoms with Crippen molar-refractivity contribution in [3.63, 3.8) is 0 Å². The molecule has 2 N–H and O–H groups in total. The Morgan fingerprint density at radius 3 is 1.64 bits per heavy atom. The average Bonchev–Trinajstić information content (AvgIpc) is 2.48. The lowest BCUT2D eigenvalue weighted by molar-refractivity contribution is -0.137. The molecule has 1 amide bonds. The van der Waals surface area contributed by atoms with Gasteiger partial charge >= 0.3 is 5.97 Å². The molecule has 0 saturated carbocycles. The maximum absolute atomic E-state index is 12.2. The predicted octanol–water partition coefficient (Wildman–Crippen LogP) is 3.23. The van der Waals surface area contributed by atoms with Gasteiger partial charge in [-0.05, 0) is 62.2 Å². The van der Waals surface area contributed by atoms with Crippen LogP contribution in [0.25, 0.3) is 0 Å². The van der Waals surface area contributed by atoms with E-state index in [9.17, 15) is 9.59 Å². The number of hydrogen-bond donors (Lipinski definition) is 5. The van der Waals surface area contributed by atoms with E-state index in [0.717, 1.165) is 55.8 Å². The van der Waals surface area contributed by atoms with Crippen LogP contribution in [-0.2, 0) is 9.59 Å². The SMILES string of the molecule is O=C(O)CCCC(=O)NC(CCCS)(CCCS)CCCS. The molecular formula is C15H29NO3S3. The highest BCUT2D eigenvalue weighted by atomic mass is 32.1. The third-order valence-corrected chi connectivity index (χ3v) is 4.59. The first-order chi connectivity index (χ1) is 10.5. The fourth-order valence-electron chi connectivity index (χ4n) is 2.57. The van der Waals surface area contributed by atoms with Crippen LogP contribution in [0.4, 0.5) is 0 Å². The standard InChI is InChI=1S/C15H29NO3S3/c17-13(5-1-6-14(18)19)16-15(7-2-10-20,8-3-11-21)9-4-12-22/h20-22H,1-12H2,(H,16,17)(H,18,19). The van der Waals surface area contributed by atoms with E-state index in [1.165, 1.54) is 0 Å². The smallest absolute Gasteiger partial charge is 0.303 e. The van der Waals surface area contributed by atoms with Crippen LogP contribution in [0.2, 0.25) is 0 Å². The minimum Gasteiger partial charge on any atom is -0.481 e. The zero-order valence-corrected chi connectivity index (χ0v) is 15.8.